The van der Waals surface area contributed by atoms with Gasteiger partial charge in [0.05, 0.1) is 0 Å². The topological polar surface area (TPSA) is 68.2 Å². The minimum absolute atomic E-state index is 0.531. The molecule has 0 aromatic carbocycles. The molecule has 0 unspecified atom stereocenters. The van der Waals surface area contributed by atoms with Gasteiger partial charge in [-0.3, -0.25) is 0 Å². The van der Waals surface area contributed by atoms with Gasteiger partial charge in [0, 0.05) is 18.9 Å². The lowest BCUT2D eigenvalue weighted by atomic mass is 10.3. The van der Waals surface area contributed by atoms with Crippen molar-refractivity contribution in [2.24, 2.45) is 0 Å². The minimum atomic E-state index is 0.531. The second-order valence-electron chi connectivity index (χ2n) is 5.20. The van der Waals surface area contributed by atoms with Gasteiger partial charge in [0.25, 0.3) is 0 Å². The lowest BCUT2D eigenvalue weighted by molar-refractivity contribution is 0.491. The molecule has 7 heteroatoms. The summed E-state index contributed by atoms with van der Waals surface area (Å²) >= 11 is 3.30. The van der Waals surface area contributed by atoms with Crippen LogP contribution in [0.3, 0.4) is 0 Å². The van der Waals surface area contributed by atoms with Crippen LogP contribution in [0.1, 0.15) is 30.3 Å². The van der Waals surface area contributed by atoms with Gasteiger partial charge in [0.2, 0.25) is 0 Å². The molecule has 6 nitrogen and oxygen atoms in total. The van der Waals surface area contributed by atoms with Crippen LogP contribution in [0.4, 0.5) is 5.82 Å². The Bertz CT molecular complexity index is 777. The van der Waals surface area contributed by atoms with E-state index in [0.29, 0.717) is 5.92 Å². The Morgan fingerprint density at radius 3 is 2.90 bits per heavy atom. The van der Waals surface area contributed by atoms with E-state index in [1.54, 1.807) is 0 Å². The number of furan rings is 1. The number of halogens is 1. The lowest BCUT2D eigenvalue weighted by Gasteiger charge is -2.05. The Balaban J connectivity index is 1.47. The largest absolute Gasteiger partial charge is 0.454 e. The summed E-state index contributed by atoms with van der Waals surface area (Å²) in [5.74, 6) is 3.28. The highest BCUT2D eigenvalue weighted by Crippen LogP contribution is 2.38. The Labute approximate surface area is 129 Å². The van der Waals surface area contributed by atoms with E-state index in [2.05, 4.69) is 36.5 Å². The summed E-state index contributed by atoms with van der Waals surface area (Å²) in [6.07, 6.45) is 3.18. The van der Waals surface area contributed by atoms with Crippen molar-refractivity contribution in [1.29, 1.82) is 0 Å². The number of hydrogen-bond donors (Lipinski definition) is 1. The van der Waals surface area contributed by atoms with E-state index in [1.807, 2.05) is 28.8 Å². The molecule has 1 fully saturated rings. The highest BCUT2D eigenvalue weighted by Gasteiger charge is 2.29. The molecule has 4 rings (SSSR count). The molecule has 1 N–H and O–H groups in total. The predicted octanol–water partition coefficient (Wildman–Crippen LogP) is 3.01. The summed E-state index contributed by atoms with van der Waals surface area (Å²) in [5, 5.41) is 16.3. The zero-order valence-electron chi connectivity index (χ0n) is 11.3. The van der Waals surface area contributed by atoms with Gasteiger partial charge >= 0.3 is 0 Å². The van der Waals surface area contributed by atoms with Crippen LogP contribution in [0.2, 0.25) is 0 Å². The van der Waals surface area contributed by atoms with E-state index < -0.39 is 0 Å². The second kappa shape index (κ2) is 5.14. The van der Waals surface area contributed by atoms with Crippen LogP contribution >= 0.6 is 15.9 Å². The maximum absolute atomic E-state index is 5.47. The number of fused-ring (bicyclic) bond motifs is 1. The smallest absolute Gasteiger partial charge is 0.178 e. The Morgan fingerprint density at radius 2 is 2.14 bits per heavy atom. The Hall–Kier alpha value is -1.89. The molecule has 0 saturated heterocycles. The van der Waals surface area contributed by atoms with Crippen molar-refractivity contribution in [2.75, 3.05) is 11.9 Å². The van der Waals surface area contributed by atoms with Gasteiger partial charge in [-0.2, -0.15) is 4.52 Å². The van der Waals surface area contributed by atoms with E-state index in [1.165, 1.54) is 12.8 Å². The summed E-state index contributed by atoms with van der Waals surface area (Å²) in [7, 11) is 0. The number of anilines is 1. The Kier molecular flexibility index (Phi) is 3.14. The van der Waals surface area contributed by atoms with Crippen LogP contribution in [0.15, 0.2) is 33.4 Å². The summed E-state index contributed by atoms with van der Waals surface area (Å²) in [6.45, 7) is 0.763. The van der Waals surface area contributed by atoms with Gasteiger partial charge in [-0.05, 0) is 53.0 Å². The first-order valence-electron chi connectivity index (χ1n) is 7.00. The maximum atomic E-state index is 5.47. The average molecular weight is 348 g/mol. The van der Waals surface area contributed by atoms with Crippen molar-refractivity contribution in [3.8, 4) is 0 Å². The van der Waals surface area contributed by atoms with Gasteiger partial charge in [-0.1, -0.05) is 0 Å². The molecular formula is C14H14BrN5O. The van der Waals surface area contributed by atoms with Gasteiger partial charge in [-0.25, -0.2) is 0 Å². The molecule has 1 saturated carbocycles. The van der Waals surface area contributed by atoms with Crippen LogP contribution < -0.4 is 5.32 Å². The van der Waals surface area contributed by atoms with Gasteiger partial charge in [0.1, 0.15) is 11.6 Å². The fourth-order valence-corrected chi connectivity index (χ4v) is 2.64. The first kappa shape index (κ1) is 12.8. The number of aromatic nitrogens is 4. The normalized spacial score (nSPS) is 14.7. The van der Waals surface area contributed by atoms with Crippen molar-refractivity contribution >= 4 is 27.4 Å². The van der Waals surface area contributed by atoms with Crippen molar-refractivity contribution in [1.82, 2.24) is 19.8 Å². The maximum Gasteiger partial charge on any atom is 0.178 e. The summed E-state index contributed by atoms with van der Waals surface area (Å²) < 4.78 is 8.08. The first-order valence-corrected chi connectivity index (χ1v) is 7.79. The van der Waals surface area contributed by atoms with Gasteiger partial charge in [-0.15, -0.1) is 15.3 Å². The fraction of sp³-hybridized carbons (Fsp3) is 0.357. The third-order valence-corrected chi connectivity index (χ3v) is 3.96. The van der Waals surface area contributed by atoms with Crippen LogP contribution in [0.25, 0.3) is 5.65 Å². The lowest BCUT2D eigenvalue weighted by Crippen LogP contribution is -2.08. The molecule has 0 spiro atoms. The van der Waals surface area contributed by atoms with Gasteiger partial charge < -0.3 is 9.73 Å². The SMILES string of the molecule is Brc1ccc(CCNc2ccc3nnc(C4CC4)n3n2)o1. The summed E-state index contributed by atoms with van der Waals surface area (Å²) in [4.78, 5) is 0. The molecule has 1 aliphatic rings. The van der Waals surface area contributed by atoms with Crippen molar-refractivity contribution in [2.45, 2.75) is 25.2 Å². The zero-order chi connectivity index (χ0) is 14.2. The highest BCUT2D eigenvalue weighted by molar-refractivity contribution is 9.10. The molecule has 0 aliphatic heterocycles. The number of rotatable bonds is 5. The first-order chi connectivity index (χ1) is 10.3. The zero-order valence-corrected chi connectivity index (χ0v) is 12.9. The van der Waals surface area contributed by atoms with Crippen LogP contribution in [0.5, 0.6) is 0 Å². The van der Waals surface area contributed by atoms with Crippen LogP contribution in [-0.2, 0) is 6.42 Å². The molecule has 0 atom stereocenters. The van der Waals surface area contributed by atoms with Crippen molar-refractivity contribution in [3.05, 3.63) is 40.5 Å². The molecule has 3 aromatic rings. The van der Waals surface area contributed by atoms with Crippen LogP contribution in [0, 0.1) is 0 Å². The standard InChI is InChI=1S/C14H14BrN5O/c15-11-4-3-10(21-11)7-8-16-12-5-6-13-17-18-14(9-1-2-9)20(13)19-12/h3-6,9H,1-2,7-8H2,(H,16,19). The molecule has 21 heavy (non-hydrogen) atoms. The second-order valence-corrected chi connectivity index (χ2v) is 5.99. The molecule has 3 heterocycles. The fourth-order valence-electron chi connectivity index (χ4n) is 2.30. The minimum Gasteiger partial charge on any atom is -0.454 e. The monoisotopic (exact) mass is 347 g/mol. The molecule has 108 valence electrons. The van der Waals surface area contributed by atoms with E-state index in [4.69, 9.17) is 4.42 Å². The third kappa shape index (κ3) is 2.65. The van der Waals surface area contributed by atoms with Crippen molar-refractivity contribution < 1.29 is 4.42 Å². The quantitative estimate of drug-likeness (QED) is 0.768. The van der Waals surface area contributed by atoms with Gasteiger partial charge in [0.15, 0.2) is 16.1 Å². The van der Waals surface area contributed by atoms with E-state index in [-0.39, 0.29) is 0 Å². The molecule has 0 bridgehead atoms. The van der Waals surface area contributed by atoms with E-state index in [9.17, 15) is 0 Å². The number of nitrogens with zero attached hydrogens (tertiary/aromatic N) is 4. The summed E-state index contributed by atoms with van der Waals surface area (Å²) in [5.41, 5.74) is 0.803. The number of hydrogen-bond acceptors (Lipinski definition) is 5. The number of nitrogens with one attached hydrogen (secondary N) is 1. The molecule has 0 radical (unpaired) electrons. The molecule has 3 aromatic heterocycles. The molecule has 1 aliphatic carbocycles. The molecular weight excluding hydrogens is 334 g/mol. The van der Waals surface area contributed by atoms with Crippen molar-refractivity contribution in [3.63, 3.8) is 0 Å². The van der Waals surface area contributed by atoms with E-state index >= 15 is 0 Å². The summed E-state index contributed by atoms with van der Waals surface area (Å²) in [6, 6.07) is 7.74. The highest BCUT2D eigenvalue weighted by atomic mass is 79.9. The van der Waals surface area contributed by atoms with E-state index in [0.717, 1.165) is 40.7 Å². The Morgan fingerprint density at radius 1 is 1.24 bits per heavy atom. The average Bonchev–Trinajstić information content (AvgIpc) is 3.11. The molecule has 0 amide bonds. The van der Waals surface area contributed by atoms with Crippen LogP contribution in [-0.4, -0.2) is 26.4 Å². The predicted molar refractivity (Wildman–Crippen MR) is 81.4 cm³/mol. The third-order valence-electron chi connectivity index (χ3n) is 3.54.